The van der Waals surface area contributed by atoms with Gasteiger partial charge in [-0.1, -0.05) is 22.4 Å². The van der Waals surface area contributed by atoms with Crippen LogP contribution in [0.2, 0.25) is 0 Å². The zero-order chi connectivity index (χ0) is 20.4. The average molecular weight is 398 g/mol. The van der Waals surface area contributed by atoms with E-state index in [0.29, 0.717) is 29.2 Å². The second kappa shape index (κ2) is 7.53. The van der Waals surface area contributed by atoms with Crippen LogP contribution in [0.3, 0.4) is 0 Å². The fraction of sp³-hybridized carbons (Fsp3) is 0.421. The maximum atomic E-state index is 12.6. The summed E-state index contributed by atoms with van der Waals surface area (Å²) in [6, 6.07) is 6.51. The first-order chi connectivity index (χ1) is 14.0. The zero-order valence-electron chi connectivity index (χ0n) is 16.4. The third-order valence-electron chi connectivity index (χ3n) is 5.00. The largest absolute Gasteiger partial charge is 0.497 e. The van der Waals surface area contributed by atoms with Crippen LogP contribution in [-0.4, -0.2) is 33.4 Å². The Hall–Kier alpha value is -3.43. The summed E-state index contributed by atoms with van der Waals surface area (Å²) < 4.78 is 15.6. The molecule has 3 aromatic rings. The van der Waals surface area contributed by atoms with Gasteiger partial charge in [0.1, 0.15) is 17.3 Å². The highest BCUT2D eigenvalue weighted by molar-refractivity contribution is 5.75. The van der Waals surface area contributed by atoms with Gasteiger partial charge < -0.3 is 24.4 Å². The molecule has 4 rings (SSSR count). The smallest absolute Gasteiger partial charge is 0.316 e. The molecule has 29 heavy (non-hydrogen) atoms. The molecule has 2 N–H and O–H groups in total. The van der Waals surface area contributed by atoms with Gasteiger partial charge in [0, 0.05) is 12.5 Å². The number of methoxy groups -OCH3 is 1. The molecule has 1 atom stereocenters. The maximum absolute atomic E-state index is 12.6. The van der Waals surface area contributed by atoms with Crippen molar-refractivity contribution in [2.75, 3.05) is 7.11 Å². The minimum Gasteiger partial charge on any atom is -0.497 e. The Kier molecular flexibility index (Phi) is 4.91. The molecule has 10 heteroatoms. The standard InChI is InChI=1S/C19H22N6O4/c1-11(16-22-15(24-29-16)13-6-4-7-14(10-13)27-3)20-18(26)23-19(8-5-9-19)17-21-12(2)28-25-17/h4,6-7,10-11H,5,8-9H2,1-3H3,(H2,20,23,26). The van der Waals surface area contributed by atoms with E-state index in [1.165, 1.54) is 0 Å². The third-order valence-corrected chi connectivity index (χ3v) is 5.00. The molecule has 2 heterocycles. The molecule has 0 radical (unpaired) electrons. The molecule has 1 saturated carbocycles. The third kappa shape index (κ3) is 3.78. The van der Waals surface area contributed by atoms with Crippen molar-refractivity contribution < 1.29 is 18.6 Å². The van der Waals surface area contributed by atoms with Crippen molar-refractivity contribution in [2.24, 2.45) is 0 Å². The molecule has 1 aliphatic rings. The van der Waals surface area contributed by atoms with Gasteiger partial charge in [-0.2, -0.15) is 9.97 Å². The molecular formula is C19H22N6O4. The number of carbonyl (C=O) groups is 1. The first-order valence-electron chi connectivity index (χ1n) is 9.36. The number of benzene rings is 1. The minimum atomic E-state index is -0.595. The Labute approximate surface area is 167 Å². The molecule has 1 aliphatic carbocycles. The lowest BCUT2D eigenvalue weighted by Gasteiger charge is -2.39. The summed E-state index contributed by atoms with van der Waals surface area (Å²) in [6.45, 7) is 3.49. The fourth-order valence-corrected chi connectivity index (χ4v) is 3.23. The molecule has 2 amide bonds. The van der Waals surface area contributed by atoms with Gasteiger partial charge in [-0.25, -0.2) is 4.79 Å². The van der Waals surface area contributed by atoms with E-state index in [0.717, 1.165) is 24.8 Å². The molecule has 1 unspecified atom stereocenters. The van der Waals surface area contributed by atoms with Crippen molar-refractivity contribution in [3.05, 3.63) is 41.9 Å². The van der Waals surface area contributed by atoms with Crippen molar-refractivity contribution in [3.8, 4) is 17.1 Å². The molecule has 0 aliphatic heterocycles. The number of amides is 2. The van der Waals surface area contributed by atoms with Crippen LogP contribution in [0.15, 0.2) is 33.3 Å². The monoisotopic (exact) mass is 398 g/mol. The molecule has 0 saturated heterocycles. The van der Waals surface area contributed by atoms with Gasteiger partial charge in [0.05, 0.1) is 7.11 Å². The van der Waals surface area contributed by atoms with Crippen LogP contribution >= 0.6 is 0 Å². The van der Waals surface area contributed by atoms with Crippen LogP contribution in [0.5, 0.6) is 5.75 Å². The van der Waals surface area contributed by atoms with Gasteiger partial charge in [0.15, 0.2) is 5.82 Å². The second-order valence-corrected chi connectivity index (χ2v) is 7.08. The summed E-state index contributed by atoms with van der Waals surface area (Å²) in [5, 5.41) is 13.8. The summed E-state index contributed by atoms with van der Waals surface area (Å²) in [5.74, 6) is 2.39. The first kappa shape index (κ1) is 18.9. The highest BCUT2D eigenvalue weighted by atomic mass is 16.5. The molecule has 1 fully saturated rings. The van der Waals surface area contributed by atoms with Crippen molar-refractivity contribution >= 4 is 6.03 Å². The van der Waals surface area contributed by atoms with Gasteiger partial charge in [0.25, 0.3) is 0 Å². The van der Waals surface area contributed by atoms with E-state index in [-0.39, 0.29) is 6.03 Å². The number of hydrogen-bond acceptors (Lipinski definition) is 8. The van der Waals surface area contributed by atoms with Crippen LogP contribution in [0.25, 0.3) is 11.4 Å². The summed E-state index contributed by atoms with van der Waals surface area (Å²) in [4.78, 5) is 21.2. The zero-order valence-corrected chi connectivity index (χ0v) is 16.4. The first-order valence-corrected chi connectivity index (χ1v) is 9.36. The van der Waals surface area contributed by atoms with E-state index in [1.807, 2.05) is 24.3 Å². The van der Waals surface area contributed by atoms with E-state index < -0.39 is 11.6 Å². The number of ether oxygens (including phenoxy) is 1. The van der Waals surface area contributed by atoms with Crippen LogP contribution in [0.1, 0.15) is 49.8 Å². The van der Waals surface area contributed by atoms with Crippen LogP contribution in [-0.2, 0) is 5.54 Å². The van der Waals surface area contributed by atoms with Crippen molar-refractivity contribution in [3.63, 3.8) is 0 Å². The molecule has 152 valence electrons. The van der Waals surface area contributed by atoms with Gasteiger partial charge in [-0.05, 0) is 38.3 Å². The predicted molar refractivity (Wildman–Crippen MR) is 101 cm³/mol. The molecule has 0 spiro atoms. The number of aromatic nitrogens is 4. The summed E-state index contributed by atoms with van der Waals surface area (Å²) in [6.07, 6.45) is 2.50. The van der Waals surface area contributed by atoms with Gasteiger partial charge >= 0.3 is 6.03 Å². The Morgan fingerprint density at radius 1 is 1.24 bits per heavy atom. The molecule has 0 bridgehead atoms. The van der Waals surface area contributed by atoms with Crippen molar-refractivity contribution in [1.29, 1.82) is 0 Å². The van der Waals surface area contributed by atoms with E-state index in [2.05, 4.69) is 30.9 Å². The Morgan fingerprint density at radius 2 is 2.07 bits per heavy atom. The molecule has 2 aromatic heterocycles. The summed E-state index contributed by atoms with van der Waals surface area (Å²) in [5.41, 5.74) is 0.166. The highest BCUT2D eigenvalue weighted by Crippen LogP contribution is 2.39. The fourth-order valence-electron chi connectivity index (χ4n) is 3.23. The van der Waals surface area contributed by atoms with Crippen LogP contribution < -0.4 is 15.4 Å². The van der Waals surface area contributed by atoms with Gasteiger partial charge in [-0.3, -0.25) is 0 Å². The Balaban J connectivity index is 1.42. The predicted octanol–water partition coefficient (Wildman–Crippen LogP) is 2.88. The quantitative estimate of drug-likeness (QED) is 0.649. The number of urea groups is 1. The van der Waals surface area contributed by atoms with Crippen LogP contribution in [0.4, 0.5) is 4.79 Å². The van der Waals surface area contributed by atoms with E-state index in [9.17, 15) is 4.79 Å². The van der Waals surface area contributed by atoms with Gasteiger partial charge in [-0.15, -0.1) is 0 Å². The van der Waals surface area contributed by atoms with Gasteiger partial charge in [0.2, 0.25) is 17.6 Å². The average Bonchev–Trinajstić information content (AvgIpc) is 3.34. The number of carbonyl (C=O) groups excluding carboxylic acids is 1. The van der Waals surface area contributed by atoms with E-state index in [1.54, 1.807) is 21.0 Å². The number of nitrogens with zero attached hydrogens (tertiary/aromatic N) is 4. The number of nitrogens with one attached hydrogen (secondary N) is 2. The van der Waals surface area contributed by atoms with E-state index >= 15 is 0 Å². The number of rotatable bonds is 6. The second-order valence-electron chi connectivity index (χ2n) is 7.08. The lowest BCUT2D eigenvalue weighted by Crippen LogP contribution is -2.54. The SMILES string of the molecule is COc1cccc(-c2noc(C(C)NC(=O)NC3(c4noc(C)n4)CCC3)n2)c1. The Morgan fingerprint density at radius 3 is 2.72 bits per heavy atom. The molecular weight excluding hydrogens is 376 g/mol. The number of hydrogen-bond donors (Lipinski definition) is 2. The maximum Gasteiger partial charge on any atom is 0.316 e. The molecule has 1 aromatic carbocycles. The normalized spacial score (nSPS) is 16.0. The lowest BCUT2D eigenvalue weighted by atomic mass is 9.76. The minimum absolute atomic E-state index is 0.302. The number of aryl methyl sites for hydroxylation is 1. The molecule has 10 nitrogen and oxygen atoms in total. The van der Waals surface area contributed by atoms with E-state index in [4.69, 9.17) is 13.8 Å². The van der Waals surface area contributed by atoms with Crippen molar-refractivity contribution in [2.45, 2.75) is 44.7 Å². The summed E-state index contributed by atoms with van der Waals surface area (Å²) >= 11 is 0. The lowest BCUT2D eigenvalue weighted by molar-refractivity contribution is 0.162. The van der Waals surface area contributed by atoms with Crippen LogP contribution in [0, 0.1) is 6.92 Å². The Bertz CT molecular complexity index is 1010. The topological polar surface area (TPSA) is 128 Å². The van der Waals surface area contributed by atoms with Crippen molar-refractivity contribution in [1.82, 2.24) is 30.9 Å². The summed E-state index contributed by atoms with van der Waals surface area (Å²) in [7, 11) is 1.59. The highest BCUT2D eigenvalue weighted by Gasteiger charge is 2.44.